The van der Waals surface area contributed by atoms with Gasteiger partial charge in [-0.15, -0.1) is 0 Å². The molecule has 1 amide bonds. The number of anilines is 1. The summed E-state index contributed by atoms with van der Waals surface area (Å²) in [5.74, 6) is 1.65. The summed E-state index contributed by atoms with van der Waals surface area (Å²) >= 11 is 5.91. The molecular formula is C21H21ClN2O2. The standard InChI is InChI=1S/C21H21ClN2O2/c1-14(2)15-6-8-16(9-7-15)19-13-23-21(26-19)11-10-20(25)24-18-5-3-4-17(22)12-18/h3-9,12-14H,10-11H2,1-2H3,(H,24,25). The number of nitrogens with one attached hydrogen (secondary N) is 1. The van der Waals surface area contributed by atoms with E-state index in [-0.39, 0.29) is 5.91 Å². The first kappa shape index (κ1) is 18.2. The molecule has 1 heterocycles. The van der Waals surface area contributed by atoms with E-state index in [4.69, 9.17) is 16.0 Å². The average Bonchev–Trinajstić information content (AvgIpc) is 3.09. The third-order valence-corrected chi connectivity index (χ3v) is 4.32. The van der Waals surface area contributed by atoms with Gasteiger partial charge < -0.3 is 9.73 Å². The van der Waals surface area contributed by atoms with E-state index in [9.17, 15) is 4.79 Å². The number of halogens is 1. The summed E-state index contributed by atoms with van der Waals surface area (Å²) in [7, 11) is 0. The van der Waals surface area contributed by atoms with E-state index < -0.39 is 0 Å². The predicted molar refractivity (Wildman–Crippen MR) is 104 cm³/mol. The van der Waals surface area contributed by atoms with Crippen LogP contribution in [0.2, 0.25) is 5.02 Å². The molecule has 0 aliphatic rings. The van der Waals surface area contributed by atoms with Crippen molar-refractivity contribution in [3.63, 3.8) is 0 Å². The molecule has 0 saturated carbocycles. The fourth-order valence-electron chi connectivity index (χ4n) is 2.60. The van der Waals surface area contributed by atoms with E-state index in [0.717, 1.165) is 5.56 Å². The minimum atomic E-state index is -0.103. The van der Waals surface area contributed by atoms with E-state index in [1.807, 2.05) is 12.1 Å². The maximum atomic E-state index is 12.1. The number of aryl methyl sites for hydroxylation is 1. The van der Waals surface area contributed by atoms with Gasteiger partial charge in [0.25, 0.3) is 0 Å². The summed E-state index contributed by atoms with van der Waals surface area (Å²) in [5, 5.41) is 3.40. The minimum Gasteiger partial charge on any atom is -0.441 e. The molecule has 0 unspecified atom stereocenters. The molecule has 4 nitrogen and oxygen atoms in total. The van der Waals surface area contributed by atoms with Crippen LogP contribution in [0.5, 0.6) is 0 Å². The van der Waals surface area contributed by atoms with Crippen molar-refractivity contribution in [2.24, 2.45) is 0 Å². The van der Waals surface area contributed by atoms with Crippen LogP contribution >= 0.6 is 11.6 Å². The molecule has 26 heavy (non-hydrogen) atoms. The maximum Gasteiger partial charge on any atom is 0.224 e. The molecule has 1 N–H and O–H groups in total. The van der Waals surface area contributed by atoms with Crippen LogP contribution in [0.4, 0.5) is 5.69 Å². The zero-order chi connectivity index (χ0) is 18.5. The van der Waals surface area contributed by atoms with Crippen LogP contribution in [0, 0.1) is 0 Å². The number of rotatable bonds is 6. The van der Waals surface area contributed by atoms with Crippen LogP contribution in [0.25, 0.3) is 11.3 Å². The number of oxazole rings is 1. The fraction of sp³-hybridized carbons (Fsp3) is 0.238. The SMILES string of the molecule is CC(C)c1ccc(-c2cnc(CCC(=O)Nc3cccc(Cl)c3)o2)cc1. The van der Waals surface area contributed by atoms with Crippen LogP contribution in [0.1, 0.15) is 37.6 Å². The van der Waals surface area contributed by atoms with Gasteiger partial charge in [0.1, 0.15) is 0 Å². The topological polar surface area (TPSA) is 55.1 Å². The lowest BCUT2D eigenvalue weighted by atomic mass is 10.0. The second kappa shape index (κ2) is 8.19. The highest BCUT2D eigenvalue weighted by atomic mass is 35.5. The molecule has 2 aromatic carbocycles. The number of benzene rings is 2. The molecule has 5 heteroatoms. The smallest absolute Gasteiger partial charge is 0.224 e. The largest absolute Gasteiger partial charge is 0.441 e. The summed E-state index contributed by atoms with van der Waals surface area (Å²) in [6.45, 7) is 4.33. The van der Waals surface area contributed by atoms with Gasteiger partial charge in [0, 0.05) is 29.1 Å². The zero-order valence-corrected chi connectivity index (χ0v) is 15.6. The average molecular weight is 369 g/mol. The van der Waals surface area contributed by atoms with Crippen molar-refractivity contribution in [3.8, 4) is 11.3 Å². The first-order valence-electron chi connectivity index (χ1n) is 8.62. The van der Waals surface area contributed by atoms with Gasteiger partial charge in [0.15, 0.2) is 11.7 Å². The number of hydrogen-bond acceptors (Lipinski definition) is 3. The normalized spacial score (nSPS) is 10.9. The van der Waals surface area contributed by atoms with E-state index in [1.165, 1.54) is 5.56 Å². The number of aromatic nitrogens is 1. The van der Waals surface area contributed by atoms with Crippen LogP contribution in [0.3, 0.4) is 0 Å². The first-order valence-corrected chi connectivity index (χ1v) is 8.99. The van der Waals surface area contributed by atoms with Crippen molar-refractivity contribution >= 4 is 23.2 Å². The zero-order valence-electron chi connectivity index (χ0n) is 14.8. The highest BCUT2D eigenvalue weighted by Crippen LogP contribution is 2.24. The monoisotopic (exact) mass is 368 g/mol. The second-order valence-corrected chi connectivity index (χ2v) is 6.89. The molecule has 0 atom stereocenters. The van der Waals surface area contributed by atoms with Gasteiger partial charge in [-0.25, -0.2) is 4.98 Å². The number of carbonyl (C=O) groups is 1. The molecule has 0 radical (unpaired) electrons. The van der Waals surface area contributed by atoms with Crippen molar-refractivity contribution in [1.29, 1.82) is 0 Å². The summed E-state index contributed by atoms with van der Waals surface area (Å²) in [6, 6.07) is 15.3. The van der Waals surface area contributed by atoms with Gasteiger partial charge in [-0.2, -0.15) is 0 Å². The van der Waals surface area contributed by atoms with E-state index >= 15 is 0 Å². The lowest BCUT2D eigenvalue weighted by Gasteiger charge is -2.05. The van der Waals surface area contributed by atoms with Crippen molar-refractivity contribution in [3.05, 3.63) is 71.2 Å². The van der Waals surface area contributed by atoms with E-state index in [1.54, 1.807) is 30.5 Å². The molecule has 0 fully saturated rings. The van der Waals surface area contributed by atoms with Gasteiger partial charge in [-0.05, 0) is 29.7 Å². The van der Waals surface area contributed by atoms with Crippen molar-refractivity contribution in [2.75, 3.05) is 5.32 Å². The Kier molecular flexibility index (Phi) is 5.74. The van der Waals surface area contributed by atoms with E-state index in [0.29, 0.717) is 41.1 Å². The third-order valence-electron chi connectivity index (χ3n) is 4.09. The molecule has 3 aromatic rings. The van der Waals surface area contributed by atoms with Gasteiger partial charge in [-0.1, -0.05) is 55.8 Å². The third kappa shape index (κ3) is 4.73. The summed E-state index contributed by atoms with van der Waals surface area (Å²) < 4.78 is 5.78. The van der Waals surface area contributed by atoms with Gasteiger partial charge in [-0.3, -0.25) is 4.79 Å². The number of carbonyl (C=O) groups excluding carboxylic acids is 1. The molecule has 134 valence electrons. The Bertz CT molecular complexity index is 885. The molecule has 0 bridgehead atoms. The Morgan fingerprint density at radius 2 is 1.96 bits per heavy atom. The number of hydrogen-bond donors (Lipinski definition) is 1. The van der Waals surface area contributed by atoms with E-state index in [2.05, 4.69) is 36.3 Å². The predicted octanol–water partition coefficient (Wildman–Crippen LogP) is 5.69. The van der Waals surface area contributed by atoms with Crippen LogP contribution in [0.15, 0.2) is 59.1 Å². The first-order chi connectivity index (χ1) is 12.5. The molecule has 0 saturated heterocycles. The Hall–Kier alpha value is -2.59. The molecule has 3 rings (SSSR count). The van der Waals surface area contributed by atoms with Crippen molar-refractivity contribution in [1.82, 2.24) is 4.98 Å². The van der Waals surface area contributed by atoms with Crippen LogP contribution < -0.4 is 5.32 Å². The molecule has 1 aromatic heterocycles. The highest BCUT2D eigenvalue weighted by Gasteiger charge is 2.10. The molecule has 0 spiro atoms. The quantitative estimate of drug-likeness (QED) is 0.608. The Morgan fingerprint density at radius 3 is 2.65 bits per heavy atom. The van der Waals surface area contributed by atoms with Crippen molar-refractivity contribution in [2.45, 2.75) is 32.6 Å². The van der Waals surface area contributed by atoms with Gasteiger partial charge in [0.2, 0.25) is 5.91 Å². The Balaban J connectivity index is 1.57. The highest BCUT2D eigenvalue weighted by molar-refractivity contribution is 6.30. The summed E-state index contributed by atoms with van der Waals surface area (Å²) in [5.41, 5.74) is 2.95. The van der Waals surface area contributed by atoms with Gasteiger partial charge >= 0.3 is 0 Å². The summed E-state index contributed by atoms with van der Waals surface area (Å²) in [6.07, 6.45) is 2.43. The van der Waals surface area contributed by atoms with Crippen LogP contribution in [-0.4, -0.2) is 10.9 Å². The van der Waals surface area contributed by atoms with Crippen molar-refractivity contribution < 1.29 is 9.21 Å². The Morgan fingerprint density at radius 1 is 1.19 bits per heavy atom. The maximum absolute atomic E-state index is 12.1. The Labute approximate surface area is 158 Å². The number of amides is 1. The van der Waals surface area contributed by atoms with Gasteiger partial charge in [0.05, 0.1) is 6.20 Å². The summed E-state index contributed by atoms with van der Waals surface area (Å²) in [4.78, 5) is 16.3. The second-order valence-electron chi connectivity index (χ2n) is 6.45. The molecular weight excluding hydrogens is 348 g/mol. The van der Waals surface area contributed by atoms with Crippen LogP contribution in [-0.2, 0) is 11.2 Å². The number of nitrogens with zero attached hydrogens (tertiary/aromatic N) is 1. The lowest BCUT2D eigenvalue weighted by molar-refractivity contribution is -0.116. The molecule has 0 aliphatic heterocycles. The lowest BCUT2D eigenvalue weighted by Crippen LogP contribution is -2.12. The molecule has 0 aliphatic carbocycles. The fourth-order valence-corrected chi connectivity index (χ4v) is 2.79. The minimum absolute atomic E-state index is 0.103.